The van der Waals surface area contributed by atoms with Crippen LogP contribution in [-0.2, 0) is 4.79 Å². The molecule has 0 aromatic heterocycles. The monoisotopic (exact) mass is 366 g/mol. The quantitative estimate of drug-likeness (QED) is 0.589. The third-order valence-electron chi connectivity index (χ3n) is 5.26. The second-order valence-corrected chi connectivity index (χ2v) is 6.99. The van der Waals surface area contributed by atoms with E-state index in [1.807, 2.05) is 9.80 Å². The zero-order chi connectivity index (χ0) is 18.8. The molecule has 1 amide bonds. The maximum absolute atomic E-state index is 14.6. The number of nitro groups is 1. The van der Waals surface area contributed by atoms with E-state index in [1.165, 1.54) is 11.8 Å². The van der Waals surface area contributed by atoms with Crippen molar-refractivity contribution in [2.24, 2.45) is 0 Å². The summed E-state index contributed by atoms with van der Waals surface area (Å²) in [6, 6.07) is 2.64. The van der Waals surface area contributed by atoms with Crippen LogP contribution in [0.2, 0.25) is 0 Å². The van der Waals surface area contributed by atoms with Crippen LogP contribution in [-0.4, -0.2) is 75.1 Å². The van der Waals surface area contributed by atoms with Crippen LogP contribution in [0.1, 0.15) is 6.92 Å². The summed E-state index contributed by atoms with van der Waals surface area (Å²) < 4.78 is 14.6. The van der Waals surface area contributed by atoms with Gasteiger partial charge in [0.1, 0.15) is 5.69 Å². The predicted octanol–water partition coefficient (Wildman–Crippen LogP) is -0.263. The van der Waals surface area contributed by atoms with Crippen LogP contribution in [0.4, 0.5) is 21.5 Å². The Morgan fingerprint density at radius 3 is 2.19 bits per heavy atom. The number of carbonyl (C=O) groups excluding carboxylic acids is 1. The molecule has 2 heterocycles. The molecule has 2 aliphatic rings. The van der Waals surface area contributed by atoms with Crippen molar-refractivity contribution in [1.29, 1.82) is 0 Å². The third kappa shape index (κ3) is 3.72. The fourth-order valence-electron chi connectivity index (χ4n) is 3.57. The Labute approximate surface area is 151 Å². The van der Waals surface area contributed by atoms with Gasteiger partial charge >= 0.3 is 0 Å². The Bertz CT molecular complexity index is 698. The molecule has 1 aromatic rings. The van der Waals surface area contributed by atoms with Crippen molar-refractivity contribution in [3.63, 3.8) is 0 Å². The second-order valence-electron chi connectivity index (χ2n) is 6.99. The molecule has 0 saturated carbocycles. The van der Waals surface area contributed by atoms with Crippen LogP contribution < -0.4 is 14.7 Å². The van der Waals surface area contributed by atoms with Gasteiger partial charge in [0.15, 0.2) is 5.82 Å². The van der Waals surface area contributed by atoms with Gasteiger partial charge < -0.3 is 19.6 Å². The average Bonchev–Trinajstić information content (AvgIpc) is 2.62. The molecule has 1 aromatic carbocycles. The lowest BCUT2D eigenvalue weighted by molar-refractivity contribution is -0.880. The molecule has 2 saturated heterocycles. The molecular weight excluding hydrogens is 341 g/mol. The Morgan fingerprint density at radius 2 is 1.65 bits per heavy atom. The fraction of sp³-hybridized carbons (Fsp3) is 0.588. The van der Waals surface area contributed by atoms with Crippen molar-refractivity contribution in [1.82, 2.24) is 4.90 Å². The normalized spacial score (nSPS) is 19.0. The molecule has 8 nitrogen and oxygen atoms in total. The summed E-state index contributed by atoms with van der Waals surface area (Å²) in [4.78, 5) is 29.4. The number of amides is 1. The van der Waals surface area contributed by atoms with Gasteiger partial charge in [0, 0.05) is 33.1 Å². The van der Waals surface area contributed by atoms with Gasteiger partial charge in [0.05, 0.1) is 49.9 Å². The minimum Gasteiger partial charge on any atom is -0.362 e. The summed E-state index contributed by atoms with van der Waals surface area (Å²) in [5.41, 5.74) is 0.634. The molecule has 2 fully saturated rings. The zero-order valence-electron chi connectivity index (χ0n) is 15.2. The molecular formula is C17H25FN5O3+. The molecule has 142 valence electrons. The smallest absolute Gasteiger partial charge is 0.295 e. The van der Waals surface area contributed by atoms with Crippen molar-refractivity contribution >= 4 is 23.0 Å². The average molecular weight is 366 g/mol. The van der Waals surface area contributed by atoms with Crippen LogP contribution in [0.25, 0.3) is 0 Å². The number of nitrogens with one attached hydrogen (secondary N) is 1. The third-order valence-corrected chi connectivity index (χ3v) is 5.26. The lowest BCUT2D eigenvalue weighted by Crippen LogP contribution is -3.12. The number of anilines is 2. The van der Waals surface area contributed by atoms with Gasteiger partial charge in [-0.05, 0) is 6.07 Å². The summed E-state index contributed by atoms with van der Waals surface area (Å²) in [7, 11) is 2.10. The zero-order valence-corrected chi connectivity index (χ0v) is 15.2. The number of likely N-dealkylation sites (N-methyl/N-ethyl adjacent to an activating group) is 1. The van der Waals surface area contributed by atoms with Gasteiger partial charge in [-0.15, -0.1) is 0 Å². The van der Waals surface area contributed by atoms with E-state index < -0.39 is 10.7 Å². The van der Waals surface area contributed by atoms with Crippen molar-refractivity contribution in [3.8, 4) is 0 Å². The Hall–Kier alpha value is -2.42. The Morgan fingerprint density at radius 1 is 1.08 bits per heavy atom. The van der Waals surface area contributed by atoms with Gasteiger partial charge in [-0.2, -0.15) is 0 Å². The summed E-state index contributed by atoms with van der Waals surface area (Å²) >= 11 is 0. The number of quaternary nitrogens is 1. The summed E-state index contributed by atoms with van der Waals surface area (Å²) in [6.07, 6.45) is 0. The highest BCUT2D eigenvalue weighted by Gasteiger charge is 2.29. The highest BCUT2D eigenvalue weighted by atomic mass is 19.1. The summed E-state index contributed by atoms with van der Waals surface area (Å²) in [6.45, 7) is 6.79. The Balaban J connectivity index is 1.89. The molecule has 2 aliphatic heterocycles. The topological polar surface area (TPSA) is 74.4 Å². The van der Waals surface area contributed by atoms with Crippen LogP contribution in [0.5, 0.6) is 0 Å². The van der Waals surface area contributed by atoms with Crippen LogP contribution in [0.3, 0.4) is 0 Å². The van der Waals surface area contributed by atoms with Crippen LogP contribution in [0, 0.1) is 15.9 Å². The predicted molar refractivity (Wildman–Crippen MR) is 96.4 cm³/mol. The first-order chi connectivity index (χ1) is 12.4. The number of hydrogen-bond acceptors (Lipinski definition) is 5. The summed E-state index contributed by atoms with van der Waals surface area (Å²) in [5.74, 6) is -0.554. The van der Waals surface area contributed by atoms with Crippen molar-refractivity contribution in [3.05, 3.63) is 28.1 Å². The molecule has 0 unspecified atom stereocenters. The number of rotatable bonds is 3. The molecule has 0 radical (unpaired) electrons. The number of halogens is 1. The first-order valence-electron chi connectivity index (χ1n) is 8.91. The number of hydrogen-bond donors (Lipinski definition) is 1. The highest BCUT2D eigenvalue weighted by Crippen LogP contribution is 2.35. The highest BCUT2D eigenvalue weighted by molar-refractivity contribution is 5.74. The van der Waals surface area contributed by atoms with E-state index in [9.17, 15) is 19.3 Å². The largest absolute Gasteiger partial charge is 0.362 e. The number of carbonyl (C=O) groups is 1. The minimum absolute atomic E-state index is 0.00104. The van der Waals surface area contributed by atoms with Gasteiger partial charge in [0.2, 0.25) is 5.91 Å². The van der Waals surface area contributed by atoms with Crippen molar-refractivity contribution < 1.29 is 19.0 Å². The Kier molecular flexibility index (Phi) is 5.26. The SMILES string of the molecule is CC(=O)N1CCN(c2cc(N3CC[NH+](C)CC3)c(F)cc2[N+](=O)[O-])CC1. The fourth-order valence-corrected chi connectivity index (χ4v) is 3.57. The molecule has 0 bridgehead atoms. The number of nitrogens with zero attached hydrogens (tertiary/aromatic N) is 4. The molecule has 9 heteroatoms. The molecule has 1 N–H and O–H groups in total. The van der Waals surface area contributed by atoms with Gasteiger partial charge in [-0.3, -0.25) is 14.9 Å². The first-order valence-corrected chi connectivity index (χ1v) is 8.91. The van der Waals surface area contributed by atoms with Crippen molar-refractivity contribution in [2.45, 2.75) is 6.92 Å². The van der Waals surface area contributed by atoms with Gasteiger partial charge in [-0.1, -0.05) is 0 Å². The maximum atomic E-state index is 14.6. The lowest BCUT2D eigenvalue weighted by atomic mass is 10.1. The summed E-state index contributed by atoms with van der Waals surface area (Å²) in [5, 5.41) is 11.5. The number of benzene rings is 1. The van der Waals surface area contributed by atoms with E-state index in [-0.39, 0.29) is 11.6 Å². The molecule has 0 spiro atoms. The van der Waals surface area contributed by atoms with E-state index in [2.05, 4.69) is 7.05 Å². The van der Waals surface area contributed by atoms with E-state index in [4.69, 9.17) is 0 Å². The van der Waals surface area contributed by atoms with Gasteiger partial charge in [-0.25, -0.2) is 4.39 Å². The van der Waals surface area contributed by atoms with E-state index in [0.717, 1.165) is 32.2 Å². The van der Waals surface area contributed by atoms with Crippen LogP contribution >= 0.6 is 0 Å². The van der Waals surface area contributed by atoms with E-state index >= 15 is 0 Å². The molecule has 26 heavy (non-hydrogen) atoms. The number of nitro benzene ring substituents is 1. The first kappa shape index (κ1) is 18.4. The minimum atomic E-state index is -0.553. The van der Waals surface area contributed by atoms with Gasteiger partial charge in [0.25, 0.3) is 5.69 Å². The molecule has 3 rings (SSSR count). The molecule has 0 atom stereocenters. The van der Waals surface area contributed by atoms with Crippen molar-refractivity contribution in [2.75, 3.05) is 69.2 Å². The number of piperazine rings is 2. The lowest BCUT2D eigenvalue weighted by Gasteiger charge is -2.36. The second kappa shape index (κ2) is 7.45. The standard InChI is InChI=1S/C17H24FN5O3/c1-13(24)20-7-9-22(10-8-20)16-12-15(14(18)11-17(16)23(25)26)21-5-3-19(2)4-6-21/h11-12H,3-10H2,1-2H3/p+1. The maximum Gasteiger partial charge on any atom is 0.295 e. The molecule has 0 aliphatic carbocycles. The van der Waals surface area contributed by atoms with Crippen LogP contribution in [0.15, 0.2) is 12.1 Å². The van der Waals surface area contributed by atoms with E-state index in [1.54, 1.807) is 11.0 Å². The van der Waals surface area contributed by atoms with E-state index in [0.29, 0.717) is 37.6 Å².